The van der Waals surface area contributed by atoms with Crippen molar-refractivity contribution in [1.29, 1.82) is 0 Å². The number of amides is 1. The standard InChI is InChI=1S/C16H17N5O4S/c22-16(14-10-15(25-19-14)11-1-2-11)17-6-8-26(23,24)20-12-4-7-21-13(9-12)3-5-18-21/h3-5,7,9-11,20H,1-2,6,8H2,(H,17,22). The van der Waals surface area contributed by atoms with Gasteiger partial charge in [0.25, 0.3) is 5.91 Å². The molecule has 26 heavy (non-hydrogen) atoms. The Kier molecular flexibility index (Phi) is 4.11. The maximum Gasteiger partial charge on any atom is 0.273 e. The first kappa shape index (κ1) is 16.6. The van der Waals surface area contributed by atoms with E-state index in [4.69, 9.17) is 4.52 Å². The molecule has 0 radical (unpaired) electrons. The van der Waals surface area contributed by atoms with E-state index in [1.165, 1.54) is 0 Å². The lowest BCUT2D eigenvalue weighted by Gasteiger charge is -2.08. The average molecular weight is 375 g/mol. The van der Waals surface area contributed by atoms with Crippen molar-refractivity contribution >= 4 is 27.1 Å². The predicted octanol–water partition coefficient (Wildman–Crippen LogP) is 1.37. The molecule has 0 aromatic carbocycles. The lowest BCUT2D eigenvalue weighted by atomic mass is 10.3. The normalized spacial score (nSPS) is 14.5. The summed E-state index contributed by atoms with van der Waals surface area (Å²) in [7, 11) is -3.60. The first-order chi connectivity index (χ1) is 12.5. The number of aromatic nitrogens is 3. The van der Waals surface area contributed by atoms with Crippen LogP contribution in [0.2, 0.25) is 0 Å². The Morgan fingerprint density at radius 2 is 2.15 bits per heavy atom. The second kappa shape index (κ2) is 6.45. The molecule has 1 fully saturated rings. The smallest absolute Gasteiger partial charge is 0.273 e. The number of anilines is 1. The molecule has 1 aliphatic carbocycles. The summed E-state index contributed by atoms with van der Waals surface area (Å²) in [5.74, 6) is 0.370. The van der Waals surface area contributed by atoms with Crippen LogP contribution in [0.4, 0.5) is 5.69 Å². The summed E-state index contributed by atoms with van der Waals surface area (Å²) in [6.45, 7) is -0.0330. The van der Waals surface area contributed by atoms with Crippen molar-refractivity contribution in [3.8, 4) is 0 Å². The second-order valence-corrected chi connectivity index (χ2v) is 8.02. The number of carbonyl (C=O) groups is 1. The van der Waals surface area contributed by atoms with Crippen LogP contribution in [0.25, 0.3) is 5.52 Å². The molecule has 0 unspecified atom stereocenters. The maximum atomic E-state index is 12.2. The van der Waals surface area contributed by atoms with E-state index in [0.717, 1.165) is 18.4 Å². The lowest BCUT2D eigenvalue weighted by molar-refractivity contribution is 0.0947. The topological polar surface area (TPSA) is 119 Å². The molecule has 0 saturated heterocycles. The predicted molar refractivity (Wildman–Crippen MR) is 93.4 cm³/mol. The number of nitrogens with zero attached hydrogens (tertiary/aromatic N) is 3. The molecule has 1 aliphatic rings. The summed E-state index contributed by atoms with van der Waals surface area (Å²) in [4.78, 5) is 12.0. The highest BCUT2D eigenvalue weighted by Gasteiger charge is 2.28. The Morgan fingerprint density at radius 3 is 2.96 bits per heavy atom. The zero-order chi connectivity index (χ0) is 18.1. The van der Waals surface area contributed by atoms with Crippen LogP contribution in [0, 0.1) is 0 Å². The van der Waals surface area contributed by atoms with Crippen molar-refractivity contribution in [2.24, 2.45) is 0 Å². The number of hydrogen-bond acceptors (Lipinski definition) is 6. The van der Waals surface area contributed by atoms with Gasteiger partial charge in [0.15, 0.2) is 5.69 Å². The van der Waals surface area contributed by atoms with Gasteiger partial charge in [0, 0.05) is 30.9 Å². The molecule has 1 saturated carbocycles. The maximum absolute atomic E-state index is 12.2. The van der Waals surface area contributed by atoms with Gasteiger partial charge in [-0.2, -0.15) is 5.10 Å². The number of hydrogen-bond donors (Lipinski definition) is 2. The van der Waals surface area contributed by atoms with Crippen LogP contribution < -0.4 is 10.0 Å². The molecule has 3 aromatic heterocycles. The molecule has 0 bridgehead atoms. The molecule has 3 aromatic rings. The van der Waals surface area contributed by atoms with Crippen molar-refractivity contribution in [2.45, 2.75) is 18.8 Å². The minimum atomic E-state index is -3.60. The van der Waals surface area contributed by atoms with Gasteiger partial charge in [-0.1, -0.05) is 5.16 Å². The summed E-state index contributed by atoms with van der Waals surface area (Å²) < 4.78 is 33.6. The van der Waals surface area contributed by atoms with Crippen LogP contribution >= 0.6 is 0 Å². The third-order valence-corrected chi connectivity index (χ3v) is 5.36. The van der Waals surface area contributed by atoms with Crippen molar-refractivity contribution in [3.63, 3.8) is 0 Å². The molecule has 136 valence electrons. The largest absolute Gasteiger partial charge is 0.360 e. The molecule has 2 N–H and O–H groups in total. The first-order valence-electron chi connectivity index (χ1n) is 8.19. The fraction of sp³-hybridized carbons (Fsp3) is 0.312. The van der Waals surface area contributed by atoms with Crippen LogP contribution in [-0.4, -0.2) is 41.4 Å². The van der Waals surface area contributed by atoms with Crippen molar-refractivity contribution in [2.75, 3.05) is 17.0 Å². The van der Waals surface area contributed by atoms with Gasteiger partial charge in [-0.05, 0) is 31.0 Å². The molecule has 10 heteroatoms. The van der Waals surface area contributed by atoms with Crippen LogP contribution in [-0.2, 0) is 10.0 Å². The highest BCUT2D eigenvalue weighted by atomic mass is 32.2. The molecular formula is C16H17N5O4S. The van der Waals surface area contributed by atoms with E-state index < -0.39 is 15.9 Å². The van der Waals surface area contributed by atoms with Gasteiger partial charge in [-0.25, -0.2) is 12.9 Å². The Labute approximate surface area is 149 Å². The van der Waals surface area contributed by atoms with Gasteiger partial charge < -0.3 is 9.84 Å². The molecule has 9 nitrogen and oxygen atoms in total. The van der Waals surface area contributed by atoms with Crippen LogP contribution in [0.3, 0.4) is 0 Å². The van der Waals surface area contributed by atoms with E-state index in [9.17, 15) is 13.2 Å². The number of fused-ring (bicyclic) bond motifs is 1. The van der Waals surface area contributed by atoms with E-state index in [-0.39, 0.29) is 18.0 Å². The van der Waals surface area contributed by atoms with E-state index >= 15 is 0 Å². The second-order valence-electron chi connectivity index (χ2n) is 6.18. The van der Waals surface area contributed by atoms with E-state index in [2.05, 4.69) is 20.3 Å². The number of nitrogens with one attached hydrogen (secondary N) is 2. The van der Waals surface area contributed by atoms with Crippen molar-refractivity contribution in [1.82, 2.24) is 20.1 Å². The highest BCUT2D eigenvalue weighted by molar-refractivity contribution is 7.92. The molecule has 0 aliphatic heterocycles. The molecule has 0 atom stereocenters. The molecule has 4 rings (SSSR count). The third kappa shape index (κ3) is 3.69. The SMILES string of the molecule is O=C(NCCS(=O)(=O)Nc1ccn2nccc2c1)c1cc(C2CC2)on1. The highest BCUT2D eigenvalue weighted by Crippen LogP contribution is 2.40. The van der Waals surface area contributed by atoms with E-state index in [1.54, 1.807) is 41.2 Å². The number of sulfonamides is 1. The number of rotatable bonds is 7. The Hall–Kier alpha value is -2.88. The fourth-order valence-electron chi connectivity index (χ4n) is 2.56. The average Bonchev–Trinajstić information content (AvgIpc) is 3.15. The molecule has 0 spiro atoms. The third-order valence-electron chi connectivity index (χ3n) is 4.07. The zero-order valence-electron chi connectivity index (χ0n) is 13.8. The van der Waals surface area contributed by atoms with Gasteiger partial charge >= 0.3 is 0 Å². The number of pyridine rings is 1. The number of carbonyl (C=O) groups excluding carboxylic acids is 1. The Morgan fingerprint density at radius 1 is 1.31 bits per heavy atom. The summed E-state index contributed by atoms with van der Waals surface area (Å²) in [5.41, 5.74) is 1.38. The molecular weight excluding hydrogens is 358 g/mol. The van der Waals surface area contributed by atoms with E-state index in [0.29, 0.717) is 17.4 Å². The summed E-state index contributed by atoms with van der Waals surface area (Å²) in [5, 5.41) is 10.3. The van der Waals surface area contributed by atoms with Gasteiger partial charge in [0.2, 0.25) is 10.0 Å². The van der Waals surface area contributed by atoms with Gasteiger partial charge in [-0.3, -0.25) is 9.52 Å². The minimum absolute atomic E-state index is 0.0330. The Bertz CT molecular complexity index is 1050. The monoisotopic (exact) mass is 375 g/mol. The van der Waals surface area contributed by atoms with Crippen molar-refractivity contribution < 1.29 is 17.7 Å². The van der Waals surface area contributed by atoms with Gasteiger partial charge in [0.1, 0.15) is 5.76 Å². The van der Waals surface area contributed by atoms with E-state index in [1.807, 2.05) is 0 Å². The van der Waals surface area contributed by atoms with Gasteiger partial charge in [0.05, 0.1) is 17.0 Å². The van der Waals surface area contributed by atoms with Crippen molar-refractivity contribution in [3.05, 3.63) is 48.1 Å². The zero-order valence-corrected chi connectivity index (χ0v) is 14.6. The van der Waals surface area contributed by atoms with Crippen LogP contribution in [0.5, 0.6) is 0 Å². The summed E-state index contributed by atoms with van der Waals surface area (Å²) in [6.07, 6.45) is 5.38. The molecule has 3 heterocycles. The summed E-state index contributed by atoms with van der Waals surface area (Å²) >= 11 is 0. The summed E-state index contributed by atoms with van der Waals surface area (Å²) in [6, 6.07) is 6.68. The van der Waals surface area contributed by atoms with Crippen LogP contribution in [0.1, 0.15) is 35.0 Å². The Balaban J connectivity index is 1.31. The van der Waals surface area contributed by atoms with Crippen LogP contribution in [0.15, 0.2) is 41.2 Å². The molecule has 1 amide bonds. The minimum Gasteiger partial charge on any atom is -0.360 e. The van der Waals surface area contributed by atoms with Gasteiger partial charge in [-0.15, -0.1) is 0 Å². The lowest BCUT2D eigenvalue weighted by Crippen LogP contribution is -2.31. The fourth-order valence-corrected chi connectivity index (χ4v) is 3.52. The first-order valence-corrected chi connectivity index (χ1v) is 9.84. The quantitative estimate of drug-likeness (QED) is 0.644.